The minimum atomic E-state index is -4.30. The molecule has 0 bridgehead atoms. The van der Waals surface area contributed by atoms with Crippen molar-refractivity contribution in [1.29, 1.82) is 0 Å². The number of fused-ring (bicyclic) bond motifs is 1. The van der Waals surface area contributed by atoms with Gasteiger partial charge in [-0.2, -0.15) is 13.2 Å². The van der Waals surface area contributed by atoms with Crippen LogP contribution < -0.4 is 5.73 Å². The number of alkyl halides is 3. The maximum atomic E-state index is 12.4. The fourth-order valence-corrected chi connectivity index (χ4v) is 2.63. The summed E-state index contributed by atoms with van der Waals surface area (Å²) in [7, 11) is 0. The van der Waals surface area contributed by atoms with Crippen LogP contribution >= 0.6 is 11.8 Å². The third-order valence-electron chi connectivity index (χ3n) is 2.99. The molecule has 2 heterocycles. The van der Waals surface area contributed by atoms with Crippen LogP contribution in [0.2, 0.25) is 0 Å². The topological polar surface area (TPSA) is 56.2 Å². The van der Waals surface area contributed by atoms with Gasteiger partial charge in [0, 0.05) is 35.6 Å². The number of halogens is 3. The number of hydrogen-bond acceptors (Lipinski definition) is 4. The lowest BCUT2D eigenvalue weighted by atomic mass is 10.1. The first kappa shape index (κ1) is 14.9. The van der Waals surface area contributed by atoms with Crippen LogP contribution in [0.25, 0.3) is 16.9 Å². The fraction of sp³-hybridized carbons (Fsp3) is 0.143. The molecule has 0 aliphatic rings. The summed E-state index contributed by atoms with van der Waals surface area (Å²) >= 11 is -0.144. The Kier molecular flexibility index (Phi) is 3.79. The predicted molar refractivity (Wildman–Crippen MR) is 78.2 cm³/mol. The molecule has 0 aliphatic carbocycles. The monoisotopic (exact) mass is 324 g/mol. The molecule has 1 aromatic carbocycles. The Hall–Kier alpha value is -2.06. The van der Waals surface area contributed by atoms with Gasteiger partial charge < -0.3 is 10.1 Å². The maximum absolute atomic E-state index is 12.4. The molecule has 0 atom stereocenters. The standard InChI is InChI=1S/C14H11F3N4S/c15-14(16,17)22-11-3-1-9(2-4-11)12-13-19-5-6-21(13)8-10(7-18)20-12/h1-6,8H,7,18H2. The van der Waals surface area contributed by atoms with Crippen molar-refractivity contribution in [2.45, 2.75) is 16.9 Å². The highest BCUT2D eigenvalue weighted by atomic mass is 32.2. The molecule has 3 aromatic rings. The smallest absolute Gasteiger partial charge is 0.325 e. The molecule has 8 heteroatoms. The zero-order chi connectivity index (χ0) is 15.7. The zero-order valence-corrected chi connectivity index (χ0v) is 12.0. The normalized spacial score (nSPS) is 12.0. The third-order valence-corrected chi connectivity index (χ3v) is 3.73. The largest absolute Gasteiger partial charge is 0.446 e. The molecule has 0 saturated carbocycles. The Labute approximate surface area is 128 Å². The number of aromatic nitrogens is 3. The SMILES string of the molecule is NCc1cn2ccnc2c(-c2ccc(SC(F)(F)F)cc2)n1. The summed E-state index contributed by atoms with van der Waals surface area (Å²) in [5.74, 6) is 0. The molecule has 0 spiro atoms. The van der Waals surface area contributed by atoms with Crippen LogP contribution in [0.3, 0.4) is 0 Å². The number of nitrogens with two attached hydrogens (primary N) is 1. The molecule has 0 radical (unpaired) electrons. The average molecular weight is 324 g/mol. The summed E-state index contributed by atoms with van der Waals surface area (Å²) in [5.41, 5.74) is 3.92. The van der Waals surface area contributed by atoms with Gasteiger partial charge >= 0.3 is 5.51 Å². The Morgan fingerprint density at radius 1 is 1.18 bits per heavy atom. The second kappa shape index (κ2) is 5.62. The summed E-state index contributed by atoms with van der Waals surface area (Å²) in [5, 5.41) is 0. The van der Waals surface area contributed by atoms with Crippen LogP contribution in [-0.2, 0) is 6.54 Å². The van der Waals surface area contributed by atoms with Gasteiger partial charge in [-0.1, -0.05) is 12.1 Å². The molecule has 2 N–H and O–H groups in total. The highest BCUT2D eigenvalue weighted by Gasteiger charge is 2.29. The summed E-state index contributed by atoms with van der Waals surface area (Å²) in [4.78, 5) is 8.79. The molecule has 4 nitrogen and oxygen atoms in total. The number of nitrogens with zero attached hydrogens (tertiary/aromatic N) is 3. The molecule has 0 aliphatic heterocycles. The second-order valence-corrected chi connectivity index (χ2v) is 5.65. The lowest BCUT2D eigenvalue weighted by Gasteiger charge is -2.08. The Balaban J connectivity index is 2.02. The zero-order valence-electron chi connectivity index (χ0n) is 11.2. The van der Waals surface area contributed by atoms with Gasteiger partial charge in [-0.15, -0.1) is 0 Å². The van der Waals surface area contributed by atoms with Crippen molar-refractivity contribution in [2.24, 2.45) is 5.73 Å². The molecular formula is C14H11F3N4S. The van der Waals surface area contributed by atoms with E-state index in [1.54, 1.807) is 35.1 Å². The van der Waals surface area contributed by atoms with Gasteiger partial charge in [-0.3, -0.25) is 0 Å². The minimum Gasteiger partial charge on any atom is -0.325 e. The molecular weight excluding hydrogens is 313 g/mol. The van der Waals surface area contributed by atoms with E-state index in [0.29, 0.717) is 22.6 Å². The van der Waals surface area contributed by atoms with E-state index in [1.165, 1.54) is 12.1 Å². The minimum absolute atomic E-state index is 0.130. The fourth-order valence-electron chi connectivity index (χ4n) is 2.09. The quantitative estimate of drug-likeness (QED) is 0.750. The highest BCUT2D eigenvalue weighted by molar-refractivity contribution is 8.00. The number of thioether (sulfide) groups is 1. The number of benzene rings is 1. The predicted octanol–water partition coefficient (Wildman–Crippen LogP) is 3.47. The Morgan fingerprint density at radius 3 is 2.55 bits per heavy atom. The van der Waals surface area contributed by atoms with Gasteiger partial charge in [0.1, 0.15) is 5.69 Å². The van der Waals surface area contributed by atoms with E-state index >= 15 is 0 Å². The van der Waals surface area contributed by atoms with E-state index in [4.69, 9.17) is 5.73 Å². The second-order valence-electron chi connectivity index (χ2n) is 4.52. The Bertz CT molecular complexity index is 796. The summed E-state index contributed by atoms with van der Waals surface area (Å²) in [6, 6.07) is 6.05. The van der Waals surface area contributed by atoms with Gasteiger partial charge in [0.25, 0.3) is 0 Å². The van der Waals surface area contributed by atoms with Gasteiger partial charge in [-0.25, -0.2) is 9.97 Å². The van der Waals surface area contributed by atoms with Crippen LogP contribution in [0.1, 0.15) is 5.69 Å². The first-order chi connectivity index (χ1) is 10.5. The van der Waals surface area contributed by atoms with E-state index in [2.05, 4.69) is 9.97 Å². The van der Waals surface area contributed by atoms with Crippen LogP contribution in [-0.4, -0.2) is 19.9 Å². The van der Waals surface area contributed by atoms with Crippen molar-refractivity contribution in [2.75, 3.05) is 0 Å². The molecule has 3 rings (SSSR count). The first-order valence-electron chi connectivity index (χ1n) is 6.35. The van der Waals surface area contributed by atoms with Crippen LogP contribution in [0.4, 0.5) is 13.2 Å². The van der Waals surface area contributed by atoms with Gasteiger partial charge in [0.05, 0.1) is 5.69 Å². The molecule has 114 valence electrons. The molecule has 0 amide bonds. The maximum Gasteiger partial charge on any atom is 0.446 e. The van der Waals surface area contributed by atoms with Crippen molar-refractivity contribution < 1.29 is 13.2 Å². The van der Waals surface area contributed by atoms with Crippen molar-refractivity contribution in [1.82, 2.24) is 14.4 Å². The Morgan fingerprint density at radius 2 is 1.91 bits per heavy atom. The van der Waals surface area contributed by atoms with Crippen molar-refractivity contribution in [3.05, 3.63) is 48.5 Å². The third kappa shape index (κ3) is 3.07. The summed E-state index contributed by atoms with van der Waals surface area (Å²) in [6.45, 7) is 0.267. The lowest BCUT2D eigenvalue weighted by Crippen LogP contribution is -2.04. The number of imidazole rings is 1. The molecule has 0 saturated heterocycles. The molecule has 2 aromatic heterocycles. The summed E-state index contributed by atoms with van der Waals surface area (Å²) in [6.07, 6.45) is 5.18. The van der Waals surface area contributed by atoms with E-state index in [1.807, 2.05) is 0 Å². The van der Waals surface area contributed by atoms with Crippen molar-refractivity contribution in [3.8, 4) is 11.3 Å². The van der Waals surface area contributed by atoms with Crippen molar-refractivity contribution >= 4 is 17.4 Å². The average Bonchev–Trinajstić information content (AvgIpc) is 2.93. The first-order valence-corrected chi connectivity index (χ1v) is 7.17. The highest BCUT2D eigenvalue weighted by Crippen LogP contribution is 2.37. The van der Waals surface area contributed by atoms with E-state index < -0.39 is 5.51 Å². The van der Waals surface area contributed by atoms with E-state index in [-0.39, 0.29) is 23.2 Å². The van der Waals surface area contributed by atoms with Gasteiger partial charge in [0.2, 0.25) is 0 Å². The van der Waals surface area contributed by atoms with Crippen molar-refractivity contribution in [3.63, 3.8) is 0 Å². The molecule has 0 unspecified atom stereocenters. The van der Waals surface area contributed by atoms with Crippen LogP contribution in [0, 0.1) is 0 Å². The number of hydrogen-bond donors (Lipinski definition) is 1. The number of rotatable bonds is 3. The van der Waals surface area contributed by atoms with Crippen LogP contribution in [0.5, 0.6) is 0 Å². The molecule has 22 heavy (non-hydrogen) atoms. The van der Waals surface area contributed by atoms with Gasteiger partial charge in [-0.05, 0) is 23.9 Å². The van der Waals surface area contributed by atoms with E-state index in [9.17, 15) is 13.2 Å². The lowest BCUT2D eigenvalue weighted by molar-refractivity contribution is -0.0328. The van der Waals surface area contributed by atoms with E-state index in [0.717, 1.165) is 0 Å². The summed E-state index contributed by atoms with van der Waals surface area (Å²) < 4.78 is 38.9. The molecule has 0 fully saturated rings. The van der Waals surface area contributed by atoms with Crippen LogP contribution in [0.15, 0.2) is 47.8 Å². The van der Waals surface area contributed by atoms with Gasteiger partial charge in [0.15, 0.2) is 5.65 Å².